The Kier molecular flexibility index (Phi) is 4.82. The number of benzene rings is 1. The number of aromatic nitrogens is 2. The zero-order valence-corrected chi connectivity index (χ0v) is 12.5. The molecule has 21 heavy (non-hydrogen) atoms. The number of aryl methyl sites for hydroxylation is 1. The molecule has 0 spiro atoms. The second-order valence-electron chi connectivity index (χ2n) is 5.77. The van der Waals surface area contributed by atoms with Gasteiger partial charge < -0.3 is 0 Å². The summed E-state index contributed by atoms with van der Waals surface area (Å²) in [7, 11) is 0. The third-order valence-electron chi connectivity index (χ3n) is 4.16. The van der Waals surface area contributed by atoms with Gasteiger partial charge in [0.15, 0.2) is 0 Å². The maximum absolute atomic E-state index is 5.01. The molecule has 0 radical (unpaired) electrons. The van der Waals surface area contributed by atoms with Crippen molar-refractivity contribution in [3.63, 3.8) is 0 Å². The maximum atomic E-state index is 5.01. The van der Waals surface area contributed by atoms with E-state index in [4.69, 9.17) is 4.99 Å². The van der Waals surface area contributed by atoms with Gasteiger partial charge >= 0.3 is 0 Å². The van der Waals surface area contributed by atoms with E-state index in [2.05, 4.69) is 35.4 Å². The van der Waals surface area contributed by atoms with Crippen LogP contribution in [0.3, 0.4) is 0 Å². The molecule has 1 aromatic heterocycles. The van der Waals surface area contributed by atoms with Crippen molar-refractivity contribution in [3.8, 4) is 0 Å². The molecule has 3 rings (SSSR count). The zero-order chi connectivity index (χ0) is 14.3. The van der Waals surface area contributed by atoms with Crippen molar-refractivity contribution in [3.05, 3.63) is 54.4 Å². The number of aliphatic imine (C=N–C) groups is 1. The first-order chi connectivity index (χ1) is 10.4. The molecular formula is C18H23N3. The van der Waals surface area contributed by atoms with Crippen LogP contribution in [0.15, 0.2) is 53.8 Å². The smallest absolute Gasteiger partial charge is 0.125 e. The monoisotopic (exact) mass is 281 g/mol. The number of hydrogen-bond donors (Lipinski definition) is 0. The molecule has 0 bridgehead atoms. The first-order valence-corrected chi connectivity index (χ1v) is 8.02. The molecule has 0 unspecified atom stereocenters. The Morgan fingerprint density at radius 3 is 2.62 bits per heavy atom. The van der Waals surface area contributed by atoms with E-state index < -0.39 is 0 Å². The van der Waals surface area contributed by atoms with E-state index >= 15 is 0 Å². The van der Waals surface area contributed by atoms with Gasteiger partial charge in [-0.1, -0.05) is 49.6 Å². The van der Waals surface area contributed by atoms with Gasteiger partial charge in [-0.3, -0.25) is 4.99 Å². The lowest BCUT2D eigenvalue weighted by Crippen LogP contribution is -2.19. The molecule has 0 aliphatic heterocycles. The van der Waals surface area contributed by atoms with Crippen LogP contribution in [0.5, 0.6) is 0 Å². The Morgan fingerprint density at radius 1 is 1.10 bits per heavy atom. The Bertz CT molecular complexity index is 551. The molecule has 1 aliphatic carbocycles. The molecule has 3 nitrogen and oxygen atoms in total. The molecule has 0 N–H and O–H groups in total. The molecule has 110 valence electrons. The van der Waals surface area contributed by atoms with Gasteiger partial charge in [0.1, 0.15) is 5.84 Å². The first-order valence-electron chi connectivity index (χ1n) is 8.02. The van der Waals surface area contributed by atoms with Crippen molar-refractivity contribution >= 4 is 5.84 Å². The van der Waals surface area contributed by atoms with Crippen LogP contribution in [0.25, 0.3) is 0 Å². The Balaban J connectivity index is 1.71. The van der Waals surface area contributed by atoms with Gasteiger partial charge in [-0.2, -0.15) is 5.10 Å². The maximum Gasteiger partial charge on any atom is 0.125 e. The van der Waals surface area contributed by atoms with E-state index in [9.17, 15) is 0 Å². The average molecular weight is 281 g/mol. The lowest BCUT2D eigenvalue weighted by Gasteiger charge is -2.19. The molecule has 1 saturated carbocycles. The molecule has 0 atom stereocenters. The SMILES string of the molecule is c1ccc(CCC(=NC2CCCCC2)n2cccn2)cc1. The minimum atomic E-state index is 0.494. The van der Waals surface area contributed by atoms with Crippen LogP contribution >= 0.6 is 0 Å². The number of hydrogen-bond acceptors (Lipinski definition) is 2. The van der Waals surface area contributed by atoms with E-state index in [1.807, 2.05) is 23.1 Å². The molecule has 1 heterocycles. The van der Waals surface area contributed by atoms with Crippen LogP contribution in [0, 0.1) is 0 Å². The van der Waals surface area contributed by atoms with Gasteiger partial charge in [-0.15, -0.1) is 0 Å². The van der Waals surface area contributed by atoms with Gasteiger partial charge in [0.25, 0.3) is 0 Å². The summed E-state index contributed by atoms with van der Waals surface area (Å²) in [5.41, 5.74) is 1.36. The van der Waals surface area contributed by atoms with Crippen LogP contribution in [0.4, 0.5) is 0 Å². The summed E-state index contributed by atoms with van der Waals surface area (Å²) in [4.78, 5) is 5.01. The van der Waals surface area contributed by atoms with Crippen LogP contribution in [0.1, 0.15) is 44.1 Å². The molecule has 1 aliphatic rings. The zero-order valence-electron chi connectivity index (χ0n) is 12.5. The van der Waals surface area contributed by atoms with Gasteiger partial charge in [0, 0.05) is 18.8 Å². The summed E-state index contributed by atoms with van der Waals surface area (Å²) in [6.45, 7) is 0. The van der Waals surface area contributed by atoms with Crippen molar-refractivity contribution < 1.29 is 0 Å². The predicted octanol–water partition coefficient (Wildman–Crippen LogP) is 4.10. The number of rotatable bonds is 4. The summed E-state index contributed by atoms with van der Waals surface area (Å²) >= 11 is 0. The summed E-state index contributed by atoms with van der Waals surface area (Å²) < 4.78 is 1.94. The van der Waals surface area contributed by atoms with Crippen LogP contribution in [0.2, 0.25) is 0 Å². The molecular weight excluding hydrogens is 258 g/mol. The highest BCUT2D eigenvalue weighted by Crippen LogP contribution is 2.21. The Labute approximate surface area is 126 Å². The number of nitrogens with zero attached hydrogens (tertiary/aromatic N) is 3. The fraction of sp³-hybridized carbons (Fsp3) is 0.444. The Hall–Kier alpha value is -1.90. The topological polar surface area (TPSA) is 30.2 Å². The quantitative estimate of drug-likeness (QED) is 0.613. The lowest BCUT2D eigenvalue weighted by molar-refractivity contribution is 0.441. The highest BCUT2D eigenvalue weighted by atomic mass is 15.3. The van der Waals surface area contributed by atoms with Crippen LogP contribution in [-0.2, 0) is 6.42 Å². The fourth-order valence-electron chi connectivity index (χ4n) is 2.98. The second-order valence-corrected chi connectivity index (χ2v) is 5.77. The van der Waals surface area contributed by atoms with Crippen LogP contribution in [-0.4, -0.2) is 21.7 Å². The fourth-order valence-corrected chi connectivity index (χ4v) is 2.98. The summed E-state index contributed by atoms with van der Waals surface area (Å²) in [6, 6.07) is 13.1. The van der Waals surface area contributed by atoms with Crippen LogP contribution < -0.4 is 0 Å². The van der Waals surface area contributed by atoms with Crippen molar-refractivity contribution in [1.82, 2.24) is 9.78 Å². The largest absolute Gasteiger partial charge is 0.267 e. The minimum Gasteiger partial charge on any atom is -0.267 e. The predicted molar refractivity (Wildman–Crippen MR) is 86.7 cm³/mol. The van der Waals surface area contributed by atoms with E-state index in [-0.39, 0.29) is 0 Å². The van der Waals surface area contributed by atoms with Crippen molar-refractivity contribution in [1.29, 1.82) is 0 Å². The minimum absolute atomic E-state index is 0.494. The first kappa shape index (κ1) is 14.1. The molecule has 1 fully saturated rings. The molecule has 1 aromatic carbocycles. The standard InChI is InChI=1S/C18H23N3/c1-3-8-16(9-4-1)12-13-18(21-15-7-14-19-21)20-17-10-5-2-6-11-17/h1,3-4,7-9,14-15,17H,2,5-6,10-13H2. The molecule has 0 amide bonds. The van der Waals surface area contributed by atoms with Crippen molar-refractivity contribution in [2.75, 3.05) is 0 Å². The highest BCUT2D eigenvalue weighted by molar-refractivity contribution is 5.84. The lowest BCUT2D eigenvalue weighted by atomic mass is 9.96. The molecule has 3 heteroatoms. The summed E-state index contributed by atoms with van der Waals surface area (Å²) in [6.07, 6.45) is 12.3. The highest BCUT2D eigenvalue weighted by Gasteiger charge is 2.14. The Morgan fingerprint density at radius 2 is 1.90 bits per heavy atom. The van der Waals surface area contributed by atoms with E-state index in [0.717, 1.165) is 18.7 Å². The average Bonchev–Trinajstić information content (AvgIpc) is 3.08. The van der Waals surface area contributed by atoms with E-state index in [1.54, 1.807) is 0 Å². The second kappa shape index (κ2) is 7.21. The third-order valence-corrected chi connectivity index (χ3v) is 4.16. The van der Waals surface area contributed by atoms with Gasteiger partial charge in [0.2, 0.25) is 0 Å². The molecule has 0 saturated heterocycles. The van der Waals surface area contributed by atoms with Gasteiger partial charge in [0.05, 0.1) is 6.04 Å². The van der Waals surface area contributed by atoms with Gasteiger partial charge in [-0.25, -0.2) is 4.68 Å². The van der Waals surface area contributed by atoms with E-state index in [0.29, 0.717) is 6.04 Å². The van der Waals surface area contributed by atoms with Crippen molar-refractivity contribution in [2.45, 2.75) is 51.0 Å². The third kappa shape index (κ3) is 4.03. The summed E-state index contributed by atoms with van der Waals surface area (Å²) in [5.74, 6) is 1.11. The van der Waals surface area contributed by atoms with E-state index in [1.165, 1.54) is 37.7 Å². The molecule has 2 aromatic rings. The normalized spacial score (nSPS) is 17.0. The van der Waals surface area contributed by atoms with Crippen molar-refractivity contribution in [2.24, 2.45) is 4.99 Å². The summed E-state index contributed by atoms with van der Waals surface area (Å²) in [5, 5.41) is 4.38. The van der Waals surface area contributed by atoms with Gasteiger partial charge in [-0.05, 0) is 30.9 Å².